The number of ether oxygens (including phenoxy) is 1. The second-order valence-electron chi connectivity index (χ2n) is 6.92. The van der Waals surface area contributed by atoms with Crippen LogP contribution in [0.2, 0.25) is 0 Å². The van der Waals surface area contributed by atoms with Gasteiger partial charge in [-0.15, -0.1) is 0 Å². The molecule has 0 aliphatic rings. The summed E-state index contributed by atoms with van der Waals surface area (Å²) in [6.07, 6.45) is 1.04. The SMILES string of the molecule is CCOC(=O)CC(NC(=O)c1oc2ccccc2c1CS(C)(=O)=O)c1ccccc1. The summed E-state index contributed by atoms with van der Waals surface area (Å²) >= 11 is 0. The number of esters is 1. The minimum atomic E-state index is -3.42. The molecule has 1 unspecified atom stereocenters. The fourth-order valence-corrected chi connectivity index (χ4v) is 4.05. The van der Waals surface area contributed by atoms with Crippen LogP contribution in [-0.2, 0) is 25.1 Å². The van der Waals surface area contributed by atoms with Crippen LogP contribution >= 0.6 is 0 Å². The number of rotatable bonds is 8. The fourth-order valence-electron chi connectivity index (χ4n) is 3.24. The molecule has 2 aromatic carbocycles. The molecule has 0 spiro atoms. The van der Waals surface area contributed by atoms with Gasteiger partial charge in [0.25, 0.3) is 5.91 Å². The van der Waals surface area contributed by atoms with E-state index in [1.807, 2.05) is 6.07 Å². The van der Waals surface area contributed by atoms with Crippen molar-refractivity contribution in [2.24, 2.45) is 0 Å². The van der Waals surface area contributed by atoms with Crippen molar-refractivity contribution in [3.63, 3.8) is 0 Å². The van der Waals surface area contributed by atoms with E-state index in [0.717, 1.165) is 11.8 Å². The van der Waals surface area contributed by atoms with Crippen molar-refractivity contribution in [2.75, 3.05) is 12.9 Å². The minimum absolute atomic E-state index is 0.0643. The second kappa shape index (κ2) is 9.13. The number of furan rings is 1. The average molecular weight is 429 g/mol. The maximum Gasteiger partial charge on any atom is 0.308 e. The molecule has 0 radical (unpaired) electrons. The number of carbonyl (C=O) groups excluding carboxylic acids is 2. The highest BCUT2D eigenvalue weighted by molar-refractivity contribution is 7.89. The normalized spacial score (nSPS) is 12.5. The Labute approximate surface area is 174 Å². The third kappa shape index (κ3) is 5.27. The molecule has 3 aromatic rings. The van der Waals surface area contributed by atoms with E-state index in [2.05, 4.69) is 5.32 Å². The van der Waals surface area contributed by atoms with Crippen LogP contribution in [0.3, 0.4) is 0 Å². The molecule has 1 atom stereocenters. The Kier molecular flexibility index (Phi) is 6.56. The van der Waals surface area contributed by atoms with Crippen LogP contribution in [0, 0.1) is 0 Å². The van der Waals surface area contributed by atoms with Gasteiger partial charge in [-0.05, 0) is 18.6 Å². The van der Waals surface area contributed by atoms with Crippen LogP contribution in [0.4, 0.5) is 0 Å². The number of para-hydroxylation sites is 1. The molecule has 158 valence electrons. The van der Waals surface area contributed by atoms with Gasteiger partial charge in [-0.1, -0.05) is 48.5 Å². The van der Waals surface area contributed by atoms with Crippen molar-refractivity contribution in [2.45, 2.75) is 25.1 Å². The van der Waals surface area contributed by atoms with E-state index >= 15 is 0 Å². The molecule has 0 aliphatic carbocycles. The van der Waals surface area contributed by atoms with Gasteiger partial charge in [0.2, 0.25) is 0 Å². The highest BCUT2D eigenvalue weighted by Crippen LogP contribution is 2.28. The topological polar surface area (TPSA) is 103 Å². The van der Waals surface area contributed by atoms with Gasteiger partial charge in [0.05, 0.1) is 24.8 Å². The van der Waals surface area contributed by atoms with Crippen molar-refractivity contribution in [1.82, 2.24) is 5.32 Å². The Hall–Kier alpha value is -3.13. The molecule has 1 amide bonds. The van der Waals surface area contributed by atoms with E-state index in [-0.39, 0.29) is 24.5 Å². The van der Waals surface area contributed by atoms with Crippen molar-refractivity contribution in [3.8, 4) is 0 Å². The minimum Gasteiger partial charge on any atom is -0.466 e. The Balaban J connectivity index is 1.96. The molecule has 0 aliphatic heterocycles. The molecule has 1 heterocycles. The lowest BCUT2D eigenvalue weighted by molar-refractivity contribution is -0.143. The molecule has 30 heavy (non-hydrogen) atoms. The number of carbonyl (C=O) groups is 2. The fraction of sp³-hybridized carbons (Fsp3) is 0.273. The van der Waals surface area contributed by atoms with Crippen molar-refractivity contribution >= 4 is 32.7 Å². The molecule has 0 saturated heterocycles. The number of hydrogen-bond acceptors (Lipinski definition) is 6. The molecule has 7 nitrogen and oxygen atoms in total. The van der Waals surface area contributed by atoms with E-state index in [1.165, 1.54) is 0 Å². The zero-order chi connectivity index (χ0) is 21.7. The summed E-state index contributed by atoms with van der Waals surface area (Å²) in [7, 11) is -3.42. The number of hydrogen-bond donors (Lipinski definition) is 1. The molecule has 3 rings (SSSR count). The molecule has 8 heteroatoms. The highest BCUT2D eigenvalue weighted by atomic mass is 32.2. The van der Waals surface area contributed by atoms with Crippen LogP contribution in [0.5, 0.6) is 0 Å². The first kappa shape index (κ1) is 21.6. The van der Waals surface area contributed by atoms with Gasteiger partial charge in [0.15, 0.2) is 15.6 Å². The average Bonchev–Trinajstić information content (AvgIpc) is 3.05. The smallest absolute Gasteiger partial charge is 0.308 e. The highest BCUT2D eigenvalue weighted by Gasteiger charge is 2.26. The maximum atomic E-state index is 13.1. The largest absolute Gasteiger partial charge is 0.466 e. The quantitative estimate of drug-likeness (QED) is 0.551. The Morgan fingerprint density at radius 2 is 1.73 bits per heavy atom. The standard InChI is InChI=1S/C22H23NO6S/c1-3-28-20(24)13-18(15-9-5-4-6-10-15)23-22(25)21-17(14-30(2,26)27)16-11-7-8-12-19(16)29-21/h4-12,18H,3,13-14H2,1-2H3,(H,23,25). The van der Waals surface area contributed by atoms with Crippen LogP contribution < -0.4 is 5.32 Å². The van der Waals surface area contributed by atoms with Gasteiger partial charge in [-0.3, -0.25) is 9.59 Å². The second-order valence-corrected chi connectivity index (χ2v) is 9.06. The van der Waals surface area contributed by atoms with E-state index in [9.17, 15) is 18.0 Å². The zero-order valence-electron chi connectivity index (χ0n) is 16.8. The number of amides is 1. The van der Waals surface area contributed by atoms with E-state index < -0.39 is 27.8 Å². The third-order valence-electron chi connectivity index (χ3n) is 4.49. The summed E-state index contributed by atoms with van der Waals surface area (Å²) in [6, 6.07) is 15.2. The summed E-state index contributed by atoms with van der Waals surface area (Å²) in [5, 5.41) is 3.36. The predicted octanol–water partition coefficient (Wildman–Crippen LogP) is 3.40. The van der Waals surface area contributed by atoms with Crippen LogP contribution in [0.1, 0.15) is 41.1 Å². The first-order valence-corrected chi connectivity index (χ1v) is 11.5. The number of sulfone groups is 1. The molecule has 0 saturated carbocycles. The lowest BCUT2D eigenvalue weighted by atomic mass is 10.0. The van der Waals surface area contributed by atoms with Gasteiger partial charge in [0.1, 0.15) is 5.58 Å². The monoisotopic (exact) mass is 429 g/mol. The van der Waals surface area contributed by atoms with Crippen molar-refractivity contribution in [3.05, 3.63) is 71.5 Å². The molecule has 0 fully saturated rings. The summed E-state index contributed by atoms with van der Waals surface area (Å²) in [6.45, 7) is 1.94. The molecular formula is C22H23NO6S. The van der Waals surface area contributed by atoms with Crippen LogP contribution in [0.15, 0.2) is 59.0 Å². The number of nitrogens with one attached hydrogen (secondary N) is 1. The first-order valence-electron chi connectivity index (χ1n) is 9.48. The number of benzene rings is 2. The Bertz CT molecular complexity index is 1150. The van der Waals surface area contributed by atoms with E-state index in [0.29, 0.717) is 16.5 Å². The zero-order valence-corrected chi connectivity index (χ0v) is 17.6. The van der Waals surface area contributed by atoms with Crippen LogP contribution in [-0.4, -0.2) is 33.2 Å². The van der Waals surface area contributed by atoms with E-state index in [4.69, 9.17) is 9.15 Å². The van der Waals surface area contributed by atoms with E-state index in [1.54, 1.807) is 55.5 Å². The molecule has 1 N–H and O–H groups in total. The summed E-state index contributed by atoms with van der Waals surface area (Å²) in [5.74, 6) is -1.46. The van der Waals surface area contributed by atoms with Crippen LogP contribution in [0.25, 0.3) is 11.0 Å². The number of fused-ring (bicyclic) bond motifs is 1. The van der Waals surface area contributed by atoms with Gasteiger partial charge >= 0.3 is 5.97 Å². The van der Waals surface area contributed by atoms with Gasteiger partial charge < -0.3 is 14.5 Å². The Morgan fingerprint density at radius 1 is 1.07 bits per heavy atom. The van der Waals surface area contributed by atoms with Gasteiger partial charge in [-0.2, -0.15) is 0 Å². The molecule has 1 aromatic heterocycles. The van der Waals surface area contributed by atoms with Gasteiger partial charge in [0, 0.05) is 17.2 Å². The lowest BCUT2D eigenvalue weighted by Crippen LogP contribution is -2.31. The third-order valence-corrected chi connectivity index (χ3v) is 5.31. The van der Waals surface area contributed by atoms with Gasteiger partial charge in [-0.25, -0.2) is 8.42 Å². The molecule has 0 bridgehead atoms. The molecular weight excluding hydrogens is 406 g/mol. The predicted molar refractivity (Wildman–Crippen MR) is 113 cm³/mol. The summed E-state index contributed by atoms with van der Waals surface area (Å²) in [5.41, 5.74) is 1.44. The lowest BCUT2D eigenvalue weighted by Gasteiger charge is -2.18. The van der Waals surface area contributed by atoms with Crippen molar-refractivity contribution < 1.29 is 27.2 Å². The first-order chi connectivity index (χ1) is 14.3. The maximum absolute atomic E-state index is 13.1. The summed E-state index contributed by atoms with van der Waals surface area (Å²) < 4.78 is 34.6. The van der Waals surface area contributed by atoms with Crippen molar-refractivity contribution in [1.29, 1.82) is 0 Å². The summed E-state index contributed by atoms with van der Waals surface area (Å²) in [4.78, 5) is 25.2. The Morgan fingerprint density at radius 3 is 2.40 bits per heavy atom.